The van der Waals surface area contributed by atoms with Crippen LogP contribution in [0.4, 0.5) is 15.8 Å². The number of imide groups is 1. The van der Waals surface area contributed by atoms with Crippen molar-refractivity contribution in [3.63, 3.8) is 0 Å². The number of para-hydroxylation sites is 1. The second-order valence-corrected chi connectivity index (χ2v) is 10.4. The average Bonchev–Trinajstić information content (AvgIpc) is 3.50. The number of anilines is 2. The molecule has 7 rings (SSSR count). The molecule has 3 heterocycles. The van der Waals surface area contributed by atoms with E-state index in [1.54, 1.807) is 41.3 Å². The lowest BCUT2D eigenvalue weighted by atomic mass is 9.89. The van der Waals surface area contributed by atoms with Crippen LogP contribution in [0.5, 0.6) is 5.75 Å². The quantitative estimate of drug-likeness (QED) is 0.148. The van der Waals surface area contributed by atoms with Crippen molar-refractivity contribution in [2.45, 2.75) is 12.1 Å². The molecule has 4 aromatic rings. The summed E-state index contributed by atoms with van der Waals surface area (Å²) in [6, 6.07) is 26.1. The molecule has 4 atom stereocenters. The number of hydrogen-bond acceptors (Lipinski definition) is 6. The van der Waals surface area contributed by atoms with Crippen molar-refractivity contribution in [3.05, 3.63) is 132 Å². The molecule has 4 aromatic carbocycles. The number of benzene rings is 4. The zero-order chi connectivity index (χ0) is 29.0. The number of nitrogens with zero attached hydrogens (tertiary/aromatic N) is 2. The van der Waals surface area contributed by atoms with Gasteiger partial charge in [0.15, 0.2) is 5.78 Å². The summed E-state index contributed by atoms with van der Waals surface area (Å²) in [6.45, 7) is 0. The predicted octanol–water partition coefficient (Wildman–Crippen LogP) is 5.05. The number of ketones is 1. The Kier molecular flexibility index (Phi) is 6.04. The summed E-state index contributed by atoms with van der Waals surface area (Å²) in [5.74, 6) is -4.24. The summed E-state index contributed by atoms with van der Waals surface area (Å²) in [4.78, 5) is 57.1. The van der Waals surface area contributed by atoms with Crippen LogP contribution in [-0.4, -0.2) is 35.7 Å². The smallest absolute Gasteiger partial charge is 0.335 e. The van der Waals surface area contributed by atoms with Gasteiger partial charge in [-0.05, 0) is 54.1 Å². The number of hydrogen-bond donors (Lipinski definition) is 0. The van der Waals surface area contributed by atoms with Gasteiger partial charge in [-0.15, -0.1) is 0 Å². The summed E-state index contributed by atoms with van der Waals surface area (Å²) in [6.07, 6.45) is 3.71. The van der Waals surface area contributed by atoms with E-state index in [4.69, 9.17) is 4.74 Å². The van der Waals surface area contributed by atoms with Gasteiger partial charge in [0.2, 0.25) is 11.8 Å². The first kappa shape index (κ1) is 25.6. The number of rotatable bonds is 5. The lowest BCUT2D eigenvalue weighted by Gasteiger charge is -2.36. The van der Waals surface area contributed by atoms with Crippen LogP contribution < -0.4 is 14.5 Å². The summed E-state index contributed by atoms with van der Waals surface area (Å²) in [5, 5.41) is 0. The Hall–Kier alpha value is -5.37. The lowest BCUT2D eigenvalue weighted by Crippen LogP contribution is -2.50. The molecule has 2 amide bonds. The molecular weight excluding hydrogens is 535 g/mol. The standard InChI is InChI=1S/C34H23FN2O5/c35-23-10-6-11-24(19-23)36-32(39)28-27-18-15-20-7-4-5-12-26(20)37(27)30(29(28)33(36)40)34(41)42-25-16-13-22(14-17-25)31(38)21-8-2-1-3-9-21/h1-19,27-30H/t27-,28+,29-,30+/m1/s1. The van der Waals surface area contributed by atoms with E-state index in [1.165, 1.54) is 30.3 Å². The topological polar surface area (TPSA) is 84.0 Å². The van der Waals surface area contributed by atoms with Crippen molar-refractivity contribution in [2.24, 2.45) is 11.8 Å². The Balaban J connectivity index is 1.23. The van der Waals surface area contributed by atoms with E-state index in [0.717, 1.165) is 16.5 Å². The third kappa shape index (κ3) is 4.03. The molecule has 42 heavy (non-hydrogen) atoms. The normalized spacial score (nSPS) is 22.0. The number of fused-ring (bicyclic) bond motifs is 5. The fourth-order valence-electron chi connectivity index (χ4n) is 6.26. The molecule has 0 bridgehead atoms. The number of amides is 2. The van der Waals surface area contributed by atoms with Crippen molar-refractivity contribution in [2.75, 3.05) is 9.80 Å². The highest BCUT2D eigenvalue weighted by molar-refractivity contribution is 6.24. The zero-order valence-electron chi connectivity index (χ0n) is 22.1. The first-order valence-electron chi connectivity index (χ1n) is 13.5. The van der Waals surface area contributed by atoms with Gasteiger partial charge in [0.1, 0.15) is 17.6 Å². The van der Waals surface area contributed by atoms with Gasteiger partial charge in [-0.2, -0.15) is 0 Å². The van der Waals surface area contributed by atoms with Gasteiger partial charge in [-0.3, -0.25) is 14.4 Å². The number of carbonyl (C=O) groups is 4. The van der Waals surface area contributed by atoms with Gasteiger partial charge in [-0.1, -0.05) is 66.7 Å². The number of ether oxygens (including phenoxy) is 1. The van der Waals surface area contributed by atoms with Crippen molar-refractivity contribution in [1.29, 1.82) is 0 Å². The molecule has 3 aliphatic rings. The van der Waals surface area contributed by atoms with Gasteiger partial charge < -0.3 is 9.64 Å². The van der Waals surface area contributed by atoms with Crippen molar-refractivity contribution in [1.82, 2.24) is 0 Å². The van der Waals surface area contributed by atoms with E-state index in [2.05, 4.69) is 0 Å². The van der Waals surface area contributed by atoms with Crippen LogP contribution in [0.1, 0.15) is 21.5 Å². The summed E-state index contributed by atoms with van der Waals surface area (Å²) >= 11 is 0. The minimum Gasteiger partial charge on any atom is -0.425 e. The third-order valence-corrected chi connectivity index (χ3v) is 8.09. The maximum absolute atomic E-state index is 14.1. The van der Waals surface area contributed by atoms with Crippen molar-refractivity contribution in [3.8, 4) is 5.75 Å². The van der Waals surface area contributed by atoms with Crippen LogP contribution in [0.25, 0.3) is 6.08 Å². The van der Waals surface area contributed by atoms with E-state index >= 15 is 0 Å². The summed E-state index contributed by atoms with van der Waals surface area (Å²) in [7, 11) is 0. The maximum Gasteiger partial charge on any atom is 0.335 e. The van der Waals surface area contributed by atoms with Crippen LogP contribution in [0.15, 0.2) is 109 Å². The summed E-state index contributed by atoms with van der Waals surface area (Å²) < 4.78 is 19.9. The highest BCUT2D eigenvalue weighted by Gasteiger charge is 2.65. The molecule has 0 unspecified atom stereocenters. The second-order valence-electron chi connectivity index (χ2n) is 10.4. The first-order valence-corrected chi connectivity index (χ1v) is 13.5. The van der Waals surface area contributed by atoms with E-state index in [0.29, 0.717) is 16.8 Å². The lowest BCUT2D eigenvalue weighted by molar-refractivity contribution is -0.139. The van der Waals surface area contributed by atoms with Crippen LogP contribution in [0.3, 0.4) is 0 Å². The monoisotopic (exact) mass is 558 g/mol. The first-order chi connectivity index (χ1) is 20.4. The van der Waals surface area contributed by atoms with E-state index in [9.17, 15) is 23.6 Å². The molecule has 2 fully saturated rings. The molecule has 0 radical (unpaired) electrons. The largest absolute Gasteiger partial charge is 0.425 e. The molecule has 0 saturated carbocycles. The highest BCUT2D eigenvalue weighted by Crippen LogP contribution is 2.49. The molecule has 0 aromatic heterocycles. The molecule has 0 aliphatic carbocycles. The molecule has 206 valence electrons. The number of carbonyl (C=O) groups excluding carboxylic acids is 4. The fraction of sp³-hybridized carbons (Fsp3) is 0.118. The predicted molar refractivity (Wildman–Crippen MR) is 153 cm³/mol. The fourth-order valence-corrected chi connectivity index (χ4v) is 6.26. The Morgan fingerprint density at radius 2 is 1.43 bits per heavy atom. The molecular formula is C34H23FN2O5. The van der Waals surface area contributed by atoms with Gasteiger partial charge >= 0.3 is 5.97 Å². The Morgan fingerprint density at radius 1 is 0.738 bits per heavy atom. The molecule has 0 N–H and O–H groups in total. The molecule has 3 aliphatic heterocycles. The summed E-state index contributed by atoms with van der Waals surface area (Å²) in [5.41, 5.74) is 2.64. The molecule has 0 spiro atoms. The minimum absolute atomic E-state index is 0.122. The van der Waals surface area contributed by atoms with Crippen LogP contribution in [0, 0.1) is 17.7 Å². The van der Waals surface area contributed by atoms with Gasteiger partial charge in [0.05, 0.1) is 23.6 Å². The molecule has 8 heteroatoms. The van der Waals surface area contributed by atoms with Crippen LogP contribution in [-0.2, 0) is 14.4 Å². The average molecular weight is 559 g/mol. The van der Waals surface area contributed by atoms with Crippen LogP contribution in [0.2, 0.25) is 0 Å². The SMILES string of the molecule is O=C(c1ccccc1)c1ccc(OC(=O)[C@@H]2[C@@H]3C(=O)N(c4cccc(F)c4)C(=O)[C@H]3[C@H]3C=Cc4ccccc4N32)cc1. The zero-order valence-corrected chi connectivity index (χ0v) is 22.1. The van der Waals surface area contributed by atoms with E-state index in [-0.39, 0.29) is 17.2 Å². The highest BCUT2D eigenvalue weighted by atomic mass is 19.1. The third-order valence-electron chi connectivity index (χ3n) is 8.09. The Bertz CT molecular complexity index is 1790. The molecule has 7 nitrogen and oxygen atoms in total. The Morgan fingerprint density at radius 3 is 2.19 bits per heavy atom. The second kappa shape index (κ2) is 9.92. The van der Waals surface area contributed by atoms with Crippen molar-refractivity contribution >= 4 is 41.0 Å². The van der Waals surface area contributed by atoms with Crippen LogP contribution >= 0.6 is 0 Å². The number of halogens is 1. The maximum atomic E-state index is 14.1. The number of esters is 1. The minimum atomic E-state index is -1.12. The van der Waals surface area contributed by atoms with Gasteiger partial charge in [-0.25, -0.2) is 14.1 Å². The van der Waals surface area contributed by atoms with Gasteiger partial charge in [0, 0.05) is 16.8 Å². The molecule has 2 saturated heterocycles. The van der Waals surface area contributed by atoms with E-state index in [1.807, 2.05) is 42.5 Å². The van der Waals surface area contributed by atoms with Crippen molar-refractivity contribution < 1.29 is 28.3 Å². The van der Waals surface area contributed by atoms with E-state index < -0.39 is 47.5 Å². The Labute approximate surface area is 240 Å². The van der Waals surface area contributed by atoms with Gasteiger partial charge in [0.25, 0.3) is 0 Å².